The van der Waals surface area contributed by atoms with Gasteiger partial charge in [-0.05, 0) is 12.8 Å². The molecule has 2 heterocycles. The molecule has 8 heteroatoms. The summed E-state index contributed by atoms with van der Waals surface area (Å²) in [4.78, 5) is 26.0. The molecular formula is C13H20N6O2. The molecule has 0 fully saturated rings. The molecule has 114 valence electrons. The van der Waals surface area contributed by atoms with Crippen molar-refractivity contribution in [3.8, 4) is 0 Å². The third-order valence-corrected chi connectivity index (χ3v) is 3.18. The van der Waals surface area contributed by atoms with Crippen molar-refractivity contribution >= 4 is 11.5 Å². The van der Waals surface area contributed by atoms with Gasteiger partial charge in [-0.15, -0.1) is 0 Å². The fraction of sp³-hybridized carbons (Fsp3) is 0.462. The largest absolute Gasteiger partial charge is 0.383 e. The molecule has 0 unspecified atom stereocenters. The van der Waals surface area contributed by atoms with Gasteiger partial charge in [0, 0.05) is 24.3 Å². The van der Waals surface area contributed by atoms with Crippen LogP contribution >= 0.6 is 0 Å². The summed E-state index contributed by atoms with van der Waals surface area (Å²) in [6, 6.07) is 0. The molecule has 0 radical (unpaired) electrons. The van der Waals surface area contributed by atoms with Crippen LogP contribution < -0.4 is 22.3 Å². The third-order valence-electron chi connectivity index (χ3n) is 3.18. The van der Waals surface area contributed by atoms with Crippen LogP contribution in [0.3, 0.4) is 0 Å². The summed E-state index contributed by atoms with van der Waals surface area (Å²) in [5.74, 6) is 0.387. The maximum atomic E-state index is 11.9. The molecule has 5 N–H and O–H groups in total. The fourth-order valence-corrected chi connectivity index (χ4v) is 2.04. The van der Waals surface area contributed by atoms with E-state index < -0.39 is 11.2 Å². The minimum absolute atomic E-state index is 0.151. The summed E-state index contributed by atoms with van der Waals surface area (Å²) in [7, 11) is 0. The molecule has 0 spiro atoms. The van der Waals surface area contributed by atoms with E-state index in [0.29, 0.717) is 13.1 Å². The average Bonchev–Trinajstić information content (AvgIpc) is 2.80. The Balaban J connectivity index is 2.33. The second kappa shape index (κ2) is 5.86. The predicted molar refractivity (Wildman–Crippen MR) is 81.2 cm³/mol. The van der Waals surface area contributed by atoms with Gasteiger partial charge >= 0.3 is 5.69 Å². The molecule has 2 aromatic rings. The third kappa shape index (κ3) is 3.15. The minimum Gasteiger partial charge on any atom is -0.383 e. The molecule has 21 heavy (non-hydrogen) atoms. The predicted octanol–water partition coefficient (Wildman–Crippen LogP) is 0.418. The minimum atomic E-state index is -0.515. The molecule has 8 nitrogen and oxygen atoms in total. The van der Waals surface area contributed by atoms with E-state index in [0.717, 1.165) is 11.3 Å². The van der Waals surface area contributed by atoms with Crippen LogP contribution in [-0.2, 0) is 13.1 Å². The Bertz CT molecular complexity index is 740. The molecule has 0 saturated heterocycles. The van der Waals surface area contributed by atoms with Crippen LogP contribution in [0.15, 0.2) is 15.8 Å². The molecule has 2 rings (SSSR count). The van der Waals surface area contributed by atoms with Crippen molar-refractivity contribution < 1.29 is 0 Å². The highest BCUT2D eigenvalue weighted by Crippen LogP contribution is 2.13. The lowest BCUT2D eigenvalue weighted by molar-refractivity contribution is 0.508. The number of nitrogens with zero attached hydrogens (tertiary/aromatic N) is 2. The lowest BCUT2D eigenvalue weighted by Gasteiger charge is -2.15. The van der Waals surface area contributed by atoms with Crippen LogP contribution in [0, 0.1) is 12.8 Å². The van der Waals surface area contributed by atoms with Crippen molar-refractivity contribution in [1.82, 2.24) is 19.7 Å². The van der Waals surface area contributed by atoms with Gasteiger partial charge in [0.1, 0.15) is 11.5 Å². The number of anilines is 2. The number of nitrogen functional groups attached to an aromatic ring is 1. The first-order valence-electron chi connectivity index (χ1n) is 6.75. The Labute approximate surface area is 121 Å². The summed E-state index contributed by atoms with van der Waals surface area (Å²) in [6.45, 7) is 6.67. The van der Waals surface area contributed by atoms with Gasteiger partial charge in [0.05, 0.1) is 6.20 Å². The van der Waals surface area contributed by atoms with Gasteiger partial charge in [0.2, 0.25) is 0 Å². The Morgan fingerprint density at radius 3 is 2.71 bits per heavy atom. The van der Waals surface area contributed by atoms with Crippen molar-refractivity contribution in [2.75, 3.05) is 11.1 Å². The lowest BCUT2D eigenvalue weighted by Crippen LogP contribution is -2.35. The second-order valence-electron chi connectivity index (χ2n) is 5.40. The van der Waals surface area contributed by atoms with Crippen LogP contribution in [0.2, 0.25) is 0 Å². The van der Waals surface area contributed by atoms with Crippen LogP contribution in [0.25, 0.3) is 0 Å². The Hall–Kier alpha value is -2.51. The Kier molecular flexibility index (Phi) is 4.15. The molecule has 0 aromatic carbocycles. The van der Waals surface area contributed by atoms with E-state index in [1.54, 1.807) is 6.20 Å². The van der Waals surface area contributed by atoms with Gasteiger partial charge in [0.25, 0.3) is 5.56 Å². The number of hydrogen-bond donors (Lipinski definition) is 4. The topological polar surface area (TPSA) is 122 Å². The smallest absolute Gasteiger partial charge is 0.330 e. The van der Waals surface area contributed by atoms with E-state index in [2.05, 4.69) is 20.5 Å². The second-order valence-corrected chi connectivity index (χ2v) is 5.40. The van der Waals surface area contributed by atoms with E-state index in [1.165, 1.54) is 4.57 Å². The number of aromatic nitrogens is 4. The number of hydrogen-bond acceptors (Lipinski definition) is 5. The Morgan fingerprint density at radius 1 is 1.43 bits per heavy atom. The number of H-pyrrole nitrogens is 2. The number of nitrogens with one attached hydrogen (secondary N) is 3. The number of aryl methyl sites for hydroxylation is 1. The van der Waals surface area contributed by atoms with E-state index >= 15 is 0 Å². The van der Waals surface area contributed by atoms with Gasteiger partial charge < -0.3 is 11.1 Å². The van der Waals surface area contributed by atoms with Gasteiger partial charge in [0.15, 0.2) is 0 Å². The SMILES string of the molecule is Cc1[nH]ncc1CNc1c(N)n(CC(C)C)c(=O)[nH]c1=O. The normalized spacial score (nSPS) is 11.0. The van der Waals surface area contributed by atoms with Crippen LogP contribution in [0.5, 0.6) is 0 Å². The first kappa shape index (κ1) is 14.9. The van der Waals surface area contributed by atoms with Gasteiger partial charge in [-0.1, -0.05) is 13.8 Å². The van der Waals surface area contributed by atoms with Gasteiger partial charge in [-0.25, -0.2) is 4.79 Å². The molecule has 0 aliphatic heterocycles. The number of aromatic amines is 2. The van der Waals surface area contributed by atoms with Crippen molar-refractivity contribution in [3.63, 3.8) is 0 Å². The van der Waals surface area contributed by atoms with Gasteiger partial charge in [-0.2, -0.15) is 5.10 Å². The fourth-order valence-electron chi connectivity index (χ4n) is 2.04. The lowest BCUT2D eigenvalue weighted by atomic mass is 10.2. The Morgan fingerprint density at radius 2 is 2.14 bits per heavy atom. The van der Waals surface area contributed by atoms with Crippen molar-refractivity contribution in [1.29, 1.82) is 0 Å². The standard InChI is InChI=1S/C13H20N6O2/c1-7(2)6-19-11(14)10(12(20)17-13(19)21)15-4-9-5-16-18-8(9)3/h5,7,15H,4,6,14H2,1-3H3,(H,16,18)(H,17,20,21). The molecule has 2 aromatic heterocycles. The summed E-state index contributed by atoms with van der Waals surface area (Å²) >= 11 is 0. The molecule has 0 aliphatic rings. The molecule has 0 amide bonds. The zero-order valence-corrected chi connectivity index (χ0v) is 12.4. The summed E-state index contributed by atoms with van der Waals surface area (Å²) in [5.41, 5.74) is 7.00. The molecular weight excluding hydrogens is 272 g/mol. The quantitative estimate of drug-likeness (QED) is 0.636. The monoisotopic (exact) mass is 292 g/mol. The van der Waals surface area contributed by atoms with E-state index in [1.807, 2.05) is 20.8 Å². The van der Waals surface area contributed by atoms with Crippen LogP contribution in [-0.4, -0.2) is 19.7 Å². The summed E-state index contributed by atoms with van der Waals surface area (Å²) in [6.07, 6.45) is 1.68. The molecule has 0 aliphatic carbocycles. The highest BCUT2D eigenvalue weighted by atomic mass is 16.2. The maximum Gasteiger partial charge on any atom is 0.330 e. The van der Waals surface area contributed by atoms with Gasteiger partial charge in [-0.3, -0.25) is 19.4 Å². The highest BCUT2D eigenvalue weighted by molar-refractivity contribution is 5.60. The highest BCUT2D eigenvalue weighted by Gasteiger charge is 2.13. The van der Waals surface area contributed by atoms with Crippen LogP contribution in [0.4, 0.5) is 11.5 Å². The first-order chi connectivity index (χ1) is 9.90. The van der Waals surface area contributed by atoms with Crippen molar-refractivity contribution in [2.24, 2.45) is 5.92 Å². The zero-order chi connectivity index (χ0) is 15.6. The molecule has 0 atom stereocenters. The molecule has 0 bridgehead atoms. The van der Waals surface area contributed by atoms with E-state index in [-0.39, 0.29) is 17.4 Å². The number of nitrogens with two attached hydrogens (primary N) is 1. The van der Waals surface area contributed by atoms with E-state index in [9.17, 15) is 9.59 Å². The average molecular weight is 292 g/mol. The summed E-state index contributed by atoms with van der Waals surface area (Å²) < 4.78 is 1.37. The van der Waals surface area contributed by atoms with Crippen molar-refractivity contribution in [3.05, 3.63) is 38.3 Å². The van der Waals surface area contributed by atoms with Crippen LogP contribution in [0.1, 0.15) is 25.1 Å². The first-order valence-corrected chi connectivity index (χ1v) is 6.75. The zero-order valence-electron chi connectivity index (χ0n) is 12.4. The summed E-state index contributed by atoms with van der Waals surface area (Å²) in [5, 5.41) is 9.71. The molecule has 0 saturated carbocycles. The maximum absolute atomic E-state index is 11.9. The number of rotatable bonds is 5. The van der Waals surface area contributed by atoms with E-state index in [4.69, 9.17) is 5.73 Å². The van der Waals surface area contributed by atoms with Crippen molar-refractivity contribution in [2.45, 2.75) is 33.9 Å².